The van der Waals surface area contributed by atoms with Gasteiger partial charge in [-0.1, -0.05) is 11.6 Å². The third-order valence-corrected chi connectivity index (χ3v) is 2.03. The van der Waals surface area contributed by atoms with Crippen molar-refractivity contribution >= 4 is 5.97 Å². The first kappa shape index (κ1) is 12.4. The molecule has 0 unspecified atom stereocenters. The van der Waals surface area contributed by atoms with E-state index in [2.05, 4.69) is 10.3 Å². The number of hydrogen-bond acceptors (Lipinski definition) is 3. The molecule has 0 spiro atoms. The SMILES string of the molecule is C/C(=C/C(=O)O)CNCc1cccc(C)n1. The van der Waals surface area contributed by atoms with Crippen molar-refractivity contribution in [1.82, 2.24) is 10.3 Å². The first-order chi connectivity index (χ1) is 7.58. The van der Waals surface area contributed by atoms with Gasteiger partial charge in [0.15, 0.2) is 0 Å². The van der Waals surface area contributed by atoms with E-state index in [0.717, 1.165) is 17.0 Å². The highest BCUT2D eigenvalue weighted by atomic mass is 16.4. The number of carbonyl (C=O) groups is 1. The molecular formula is C12H16N2O2. The van der Waals surface area contributed by atoms with E-state index in [1.807, 2.05) is 25.1 Å². The number of nitrogens with one attached hydrogen (secondary N) is 1. The van der Waals surface area contributed by atoms with Crippen LogP contribution in [-0.2, 0) is 11.3 Å². The number of aromatic nitrogens is 1. The zero-order valence-electron chi connectivity index (χ0n) is 9.53. The van der Waals surface area contributed by atoms with E-state index in [-0.39, 0.29) is 0 Å². The maximum Gasteiger partial charge on any atom is 0.328 e. The van der Waals surface area contributed by atoms with Crippen LogP contribution in [0.4, 0.5) is 0 Å². The third-order valence-electron chi connectivity index (χ3n) is 2.03. The molecule has 4 heteroatoms. The molecular weight excluding hydrogens is 204 g/mol. The van der Waals surface area contributed by atoms with Crippen molar-refractivity contribution in [2.75, 3.05) is 6.54 Å². The molecule has 0 aliphatic rings. The summed E-state index contributed by atoms with van der Waals surface area (Å²) in [7, 11) is 0. The molecule has 1 aromatic heterocycles. The lowest BCUT2D eigenvalue weighted by molar-refractivity contribution is -0.131. The molecule has 0 fully saturated rings. The highest BCUT2D eigenvalue weighted by Gasteiger charge is 1.96. The van der Waals surface area contributed by atoms with Gasteiger partial charge in [-0.2, -0.15) is 0 Å². The first-order valence-corrected chi connectivity index (χ1v) is 5.11. The number of pyridine rings is 1. The lowest BCUT2D eigenvalue weighted by atomic mass is 10.2. The average Bonchev–Trinajstić information content (AvgIpc) is 2.16. The van der Waals surface area contributed by atoms with Gasteiger partial charge >= 0.3 is 5.97 Å². The zero-order valence-corrected chi connectivity index (χ0v) is 9.53. The van der Waals surface area contributed by atoms with Crippen LogP contribution in [0.2, 0.25) is 0 Å². The van der Waals surface area contributed by atoms with Gasteiger partial charge in [0.25, 0.3) is 0 Å². The van der Waals surface area contributed by atoms with Crippen molar-refractivity contribution in [1.29, 1.82) is 0 Å². The molecule has 0 aliphatic carbocycles. The largest absolute Gasteiger partial charge is 0.478 e. The van der Waals surface area contributed by atoms with Crippen molar-refractivity contribution in [2.24, 2.45) is 0 Å². The Labute approximate surface area is 95.0 Å². The van der Waals surface area contributed by atoms with Gasteiger partial charge in [-0.05, 0) is 26.0 Å². The van der Waals surface area contributed by atoms with E-state index in [9.17, 15) is 4.79 Å². The number of hydrogen-bond donors (Lipinski definition) is 2. The molecule has 1 aromatic rings. The van der Waals surface area contributed by atoms with Gasteiger partial charge in [0, 0.05) is 24.9 Å². The Morgan fingerprint density at radius 2 is 2.31 bits per heavy atom. The maximum atomic E-state index is 10.4. The fourth-order valence-corrected chi connectivity index (χ4v) is 1.35. The topological polar surface area (TPSA) is 62.2 Å². The second-order valence-electron chi connectivity index (χ2n) is 3.70. The molecule has 0 saturated heterocycles. The number of carboxylic acids is 1. The Morgan fingerprint density at radius 1 is 1.56 bits per heavy atom. The number of aryl methyl sites for hydroxylation is 1. The Bertz CT molecular complexity index is 400. The molecule has 0 bridgehead atoms. The van der Waals surface area contributed by atoms with E-state index in [1.165, 1.54) is 6.08 Å². The summed E-state index contributed by atoms with van der Waals surface area (Å²) in [5.74, 6) is -0.909. The Balaban J connectivity index is 2.39. The van der Waals surface area contributed by atoms with Crippen molar-refractivity contribution in [2.45, 2.75) is 20.4 Å². The molecule has 0 amide bonds. The third kappa shape index (κ3) is 4.70. The van der Waals surface area contributed by atoms with Crippen molar-refractivity contribution in [3.8, 4) is 0 Å². The van der Waals surface area contributed by atoms with Gasteiger partial charge in [0.1, 0.15) is 0 Å². The lowest BCUT2D eigenvalue weighted by Crippen LogP contribution is -2.17. The minimum Gasteiger partial charge on any atom is -0.478 e. The van der Waals surface area contributed by atoms with Crippen LogP contribution >= 0.6 is 0 Å². The van der Waals surface area contributed by atoms with Crippen LogP contribution in [0.25, 0.3) is 0 Å². The molecule has 0 atom stereocenters. The van der Waals surface area contributed by atoms with E-state index in [4.69, 9.17) is 5.11 Å². The van der Waals surface area contributed by atoms with Crippen molar-refractivity contribution in [3.05, 3.63) is 41.2 Å². The summed E-state index contributed by atoms with van der Waals surface area (Å²) in [6.07, 6.45) is 1.21. The first-order valence-electron chi connectivity index (χ1n) is 5.11. The predicted octanol–water partition coefficient (Wildman–Crippen LogP) is 1.51. The van der Waals surface area contributed by atoms with Gasteiger partial charge < -0.3 is 10.4 Å². The van der Waals surface area contributed by atoms with Crippen LogP contribution in [-0.4, -0.2) is 22.6 Å². The predicted molar refractivity (Wildman–Crippen MR) is 62.1 cm³/mol. The number of aliphatic carboxylic acids is 1. The van der Waals surface area contributed by atoms with Gasteiger partial charge in [-0.15, -0.1) is 0 Å². The van der Waals surface area contributed by atoms with E-state index in [1.54, 1.807) is 6.92 Å². The summed E-state index contributed by atoms with van der Waals surface area (Å²) >= 11 is 0. The normalized spacial score (nSPS) is 11.5. The van der Waals surface area contributed by atoms with Crippen LogP contribution < -0.4 is 5.32 Å². The summed E-state index contributed by atoms with van der Waals surface area (Å²) in [5, 5.41) is 11.7. The monoisotopic (exact) mass is 220 g/mol. The quantitative estimate of drug-likeness (QED) is 0.738. The fourth-order valence-electron chi connectivity index (χ4n) is 1.35. The molecule has 4 nitrogen and oxygen atoms in total. The maximum absolute atomic E-state index is 10.4. The van der Waals surface area contributed by atoms with Crippen LogP contribution in [0.3, 0.4) is 0 Å². The average molecular weight is 220 g/mol. The Kier molecular flexibility index (Phi) is 4.66. The molecule has 2 N–H and O–H groups in total. The molecule has 0 aromatic carbocycles. The summed E-state index contributed by atoms with van der Waals surface area (Å²) < 4.78 is 0. The van der Waals surface area contributed by atoms with Crippen LogP contribution in [0.15, 0.2) is 29.8 Å². The minimum absolute atomic E-state index is 0.557. The molecule has 0 saturated carbocycles. The van der Waals surface area contributed by atoms with Gasteiger partial charge in [0.05, 0.1) is 5.69 Å². The summed E-state index contributed by atoms with van der Waals surface area (Å²) in [5.41, 5.74) is 2.74. The Morgan fingerprint density at radius 3 is 2.94 bits per heavy atom. The highest BCUT2D eigenvalue weighted by Crippen LogP contribution is 1.98. The second-order valence-corrected chi connectivity index (χ2v) is 3.70. The number of nitrogens with zero attached hydrogens (tertiary/aromatic N) is 1. The summed E-state index contributed by atoms with van der Waals surface area (Å²) in [6, 6.07) is 5.84. The van der Waals surface area contributed by atoms with Crippen LogP contribution in [0, 0.1) is 6.92 Å². The number of carboxylic acid groups (broad SMARTS) is 1. The molecule has 1 heterocycles. The highest BCUT2D eigenvalue weighted by molar-refractivity contribution is 5.80. The van der Waals surface area contributed by atoms with Gasteiger partial charge in [-0.25, -0.2) is 4.79 Å². The fraction of sp³-hybridized carbons (Fsp3) is 0.333. The van der Waals surface area contributed by atoms with Crippen LogP contribution in [0.5, 0.6) is 0 Å². The summed E-state index contributed by atoms with van der Waals surface area (Å²) in [4.78, 5) is 14.7. The molecule has 86 valence electrons. The van der Waals surface area contributed by atoms with Crippen molar-refractivity contribution < 1.29 is 9.90 Å². The van der Waals surface area contributed by atoms with Crippen molar-refractivity contribution in [3.63, 3.8) is 0 Å². The van der Waals surface area contributed by atoms with E-state index >= 15 is 0 Å². The van der Waals surface area contributed by atoms with Crippen LogP contribution in [0.1, 0.15) is 18.3 Å². The standard InChI is InChI=1S/C12H16N2O2/c1-9(6-12(15)16)7-13-8-11-5-3-4-10(2)14-11/h3-6,13H,7-8H2,1-2H3,(H,15,16)/b9-6-. The number of rotatable bonds is 5. The summed E-state index contributed by atoms with van der Waals surface area (Å²) in [6.45, 7) is 4.93. The minimum atomic E-state index is -0.909. The van der Waals surface area contributed by atoms with E-state index in [0.29, 0.717) is 13.1 Å². The molecule has 16 heavy (non-hydrogen) atoms. The smallest absolute Gasteiger partial charge is 0.328 e. The van der Waals surface area contributed by atoms with Gasteiger partial charge in [0.2, 0.25) is 0 Å². The molecule has 0 aliphatic heterocycles. The van der Waals surface area contributed by atoms with E-state index < -0.39 is 5.97 Å². The zero-order chi connectivity index (χ0) is 12.0. The lowest BCUT2D eigenvalue weighted by Gasteiger charge is -2.04. The Hall–Kier alpha value is -1.68. The molecule has 0 radical (unpaired) electrons. The molecule has 1 rings (SSSR count). The second kappa shape index (κ2) is 6.02. The van der Waals surface area contributed by atoms with Gasteiger partial charge in [-0.3, -0.25) is 4.98 Å².